The first-order chi connectivity index (χ1) is 14.4. The van der Waals surface area contributed by atoms with E-state index in [-0.39, 0.29) is 24.0 Å². The summed E-state index contributed by atoms with van der Waals surface area (Å²) in [6.45, 7) is 2.12. The first-order valence-corrected chi connectivity index (χ1v) is 9.80. The molecule has 0 atom stereocenters. The molecule has 0 bridgehead atoms. The Balaban J connectivity index is 1.52. The third kappa shape index (κ3) is 3.84. The molecule has 0 aliphatic carbocycles. The molecule has 0 saturated heterocycles. The normalized spacial score (nSPS) is 10.9. The van der Waals surface area contributed by atoms with Crippen molar-refractivity contribution in [3.63, 3.8) is 0 Å². The number of hydrogen-bond donors (Lipinski definition) is 0. The molecular weight excluding hydrogens is 400 g/mol. The van der Waals surface area contributed by atoms with Crippen LogP contribution in [0, 0.1) is 6.92 Å². The van der Waals surface area contributed by atoms with Crippen molar-refractivity contribution in [3.05, 3.63) is 104 Å². The molecule has 3 aromatic carbocycles. The monoisotopic (exact) mass is 418 g/mol. The van der Waals surface area contributed by atoms with Gasteiger partial charge in [0.25, 0.3) is 11.6 Å². The molecule has 0 spiro atoms. The fourth-order valence-corrected chi connectivity index (χ4v) is 3.38. The van der Waals surface area contributed by atoms with Gasteiger partial charge in [-0.25, -0.2) is 0 Å². The number of aryl methyl sites for hydroxylation is 1. The van der Waals surface area contributed by atoms with Gasteiger partial charge in [-0.15, -0.1) is 0 Å². The van der Waals surface area contributed by atoms with Crippen LogP contribution in [-0.4, -0.2) is 15.3 Å². The van der Waals surface area contributed by atoms with Crippen molar-refractivity contribution in [3.8, 4) is 6.01 Å². The van der Waals surface area contributed by atoms with Crippen LogP contribution in [0.4, 0.5) is 0 Å². The molecule has 150 valence electrons. The van der Waals surface area contributed by atoms with Crippen molar-refractivity contribution in [2.24, 2.45) is 7.05 Å². The molecule has 4 aromatic rings. The summed E-state index contributed by atoms with van der Waals surface area (Å²) in [4.78, 5) is 29.7. The summed E-state index contributed by atoms with van der Waals surface area (Å²) in [6, 6.07) is 19.8. The van der Waals surface area contributed by atoms with Gasteiger partial charge in [0.2, 0.25) is 0 Å². The average molecular weight is 419 g/mol. The van der Waals surface area contributed by atoms with Gasteiger partial charge in [-0.05, 0) is 48.4 Å². The van der Waals surface area contributed by atoms with Crippen molar-refractivity contribution >= 4 is 28.3 Å². The molecular formula is C24H19ClN2O3. The predicted molar refractivity (Wildman–Crippen MR) is 117 cm³/mol. The molecule has 0 unspecified atom stereocenters. The van der Waals surface area contributed by atoms with E-state index in [2.05, 4.69) is 4.98 Å². The van der Waals surface area contributed by atoms with Gasteiger partial charge >= 0.3 is 0 Å². The van der Waals surface area contributed by atoms with Crippen molar-refractivity contribution in [2.45, 2.75) is 13.5 Å². The van der Waals surface area contributed by atoms with E-state index < -0.39 is 0 Å². The molecule has 1 aromatic heterocycles. The molecule has 0 saturated carbocycles. The number of carbonyl (C=O) groups is 1. The standard InChI is InChI=1S/C24H19ClN2O3/c1-15-4-3-5-20-21(15)23(29)27(2)24(26-20)30-14-16-6-8-17(9-7-16)22(28)18-10-12-19(25)13-11-18/h3-13H,14H2,1-2H3. The van der Waals surface area contributed by atoms with E-state index in [4.69, 9.17) is 16.3 Å². The van der Waals surface area contributed by atoms with E-state index in [1.54, 1.807) is 49.5 Å². The zero-order chi connectivity index (χ0) is 21.3. The quantitative estimate of drug-likeness (QED) is 0.440. The third-order valence-electron chi connectivity index (χ3n) is 4.96. The van der Waals surface area contributed by atoms with Crippen LogP contribution in [0.15, 0.2) is 71.5 Å². The molecule has 4 rings (SSSR count). The molecule has 30 heavy (non-hydrogen) atoms. The lowest BCUT2D eigenvalue weighted by Gasteiger charge is -2.11. The molecule has 6 heteroatoms. The summed E-state index contributed by atoms with van der Waals surface area (Å²) in [5, 5.41) is 1.18. The van der Waals surface area contributed by atoms with Crippen LogP contribution in [0.1, 0.15) is 27.0 Å². The van der Waals surface area contributed by atoms with Crippen LogP contribution in [0.3, 0.4) is 0 Å². The Hall–Kier alpha value is -3.44. The number of aromatic nitrogens is 2. The minimum Gasteiger partial charge on any atom is -0.460 e. The maximum Gasteiger partial charge on any atom is 0.299 e. The second-order valence-electron chi connectivity index (χ2n) is 7.05. The number of fused-ring (bicyclic) bond motifs is 1. The first kappa shape index (κ1) is 19.9. The van der Waals surface area contributed by atoms with E-state index in [1.807, 2.05) is 31.2 Å². The molecule has 0 aliphatic heterocycles. The minimum absolute atomic E-state index is 0.0758. The smallest absolute Gasteiger partial charge is 0.299 e. The first-order valence-electron chi connectivity index (χ1n) is 9.42. The van der Waals surface area contributed by atoms with Crippen LogP contribution in [0.25, 0.3) is 10.9 Å². The third-order valence-corrected chi connectivity index (χ3v) is 5.21. The molecule has 1 heterocycles. The molecule has 0 fully saturated rings. The van der Waals surface area contributed by atoms with Crippen LogP contribution in [0.2, 0.25) is 5.02 Å². The Labute approximate surface area is 178 Å². The van der Waals surface area contributed by atoms with Gasteiger partial charge in [-0.3, -0.25) is 14.2 Å². The summed E-state index contributed by atoms with van der Waals surface area (Å²) in [5.74, 6) is -0.0758. The number of ketones is 1. The van der Waals surface area contributed by atoms with Crippen molar-refractivity contribution in [1.82, 2.24) is 9.55 Å². The highest BCUT2D eigenvalue weighted by molar-refractivity contribution is 6.30. The fraction of sp³-hybridized carbons (Fsp3) is 0.125. The SMILES string of the molecule is Cc1cccc2nc(OCc3ccc(C(=O)c4ccc(Cl)cc4)cc3)n(C)c(=O)c12. The largest absolute Gasteiger partial charge is 0.460 e. The second-order valence-corrected chi connectivity index (χ2v) is 7.49. The van der Waals surface area contributed by atoms with E-state index in [9.17, 15) is 9.59 Å². The van der Waals surface area contributed by atoms with Crippen molar-refractivity contribution in [2.75, 3.05) is 0 Å². The zero-order valence-electron chi connectivity index (χ0n) is 16.6. The topological polar surface area (TPSA) is 61.2 Å². The summed E-state index contributed by atoms with van der Waals surface area (Å²) < 4.78 is 7.21. The van der Waals surface area contributed by atoms with Gasteiger partial charge in [0.05, 0.1) is 10.9 Å². The number of benzene rings is 3. The Bertz CT molecular complexity index is 1290. The molecule has 0 amide bonds. The summed E-state index contributed by atoms with van der Waals surface area (Å²) in [7, 11) is 1.64. The number of halogens is 1. The average Bonchev–Trinajstić information content (AvgIpc) is 2.75. The molecule has 0 radical (unpaired) electrons. The molecule has 0 N–H and O–H groups in total. The van der Waals surface area contributed by atoms with Crippen molar-refractivity contribution in [1.29, 1.82) is 0 Å². The van der Waals surface area contributed by atoms with Gasteiger partial charge in [0.1, 0.15) is 6.61 Å². The van der Waals surface area contributed by atoms with E-state index in [0.29, 0.717) is 27.1 Å². The second kappa shape index (κ2) is 8.13. The number of carbonyl (C=O) groups excluding carboxylic acids is 1. The zero-order valence-corrected chi connectivity index (χ0v) is 17.3. The molecule has 5 nitrogen and oxygen atoms in total. The van der Waals surface area contributed by atoms with Gasteiger partial charge in [-0.1, -0.05) is 48.0 Å². The van der Waals surface area contributed by atoms with Crippen LogP contribution >= 0.6 is 11.6 Å². The Morgan fingerprint density at radius 3 is 2.30 bits per heavy atom. The van der Waals surface area contributed by atoms with Crippen LogP contribution < -0.4 is 10.3 Å². The van der Waals surface area contributed by atoms with E-state index in [1.165, 1.54) is 4.57 Å². The lowest BCUT2D eigenvalue weighted by atomic mass is 10.0. The highest BCUT2D eigenvalue weighted by Crippen LogP contribution is 2.18. The number of hydrogen-bond acceptors (Lipinski definition) is 4. The van der Waals surface area contributed by atoms with Gasteiger partial charge < -0.3 is 4.74 Å². The van der Waals surface area contributed by atoms with E-state index >= 15 is 0 Å². The van der Waals surface area contributed by atoms with Crippen LogP contribution in [0.5, 0.6) is 6.01 Å². The van der Waals surface area contributed by atoms with Gasteiger partial charge in [0, 0.05) is 23.2 Å². The summed E-state index contributed by atoms with van der Waals surface area (Å²) in [5.41, 5.74) is 3.37. The number of ether oxygens (including phenoxy) is 1. The van der Waals surface area contributed by atoms with Crippen molar-refractivity contribution < 1.29 is 9.53 Å². The van der Waals surface area contributed by atoms with Crippen LogP contribution in [-0.2, 0) is 13.7 Å². The maximum atomic E-state index is 12.7. The number of rotatable bonds is 5. The Morgan fingerprint density at radius 1 is 1.00 bits per heavy atom. The fourth-order valence-electron chi connectivity index (χ4n) is 3.25. The lowest BCUT2D eigenvalue weighted by Crippen LogP contribution is -2.21. The Morgan fingerprint density at radius 2 is 1.63 bits per heavy atom. The Kier molecular flexibility index (Phi) is 5.38. The van der Waals surface area contributed by atoms with Gasteiger partial charge in [-0.2, -0.15) is 4.98 Å². The highest BCUT2D eigenvalue weighted by atomic mass is 35.5. The van der Waals surface area contributed by atoms with E-state index in [0.717, 1.165) is 11.1 Å². The lowest BCUT2D eigenvalue weighted by molar-refractivity contribution is 0.103. The highest BCUT2D eigenvalue weighted by Gasteiger charge is 2.12. The predicted octanol–water partition coefficient (Wildman–Crippen LogP) is 4.71. The minimum atomic E-state index is -0.142. The van der Waals surface area contributed by atoms with Gasteiger partial charge in [0.15, 0.2) is 5.78 Å². The number of nitrogens with zero attached hydrogens (tertiary/aromatic N) is 2. The molecule has 0 aliphatic rings. The summed E-state index contributed by atoms with van der Waals surface area (Å²) in [6.07, 6.45) is 0. The maximum absolute atomic E-state index is 12.7. The summed E-state index contributed by atoms with van der Waals surface area (Å²) >= 11 is 5.88.